The van der Waals surface area contributed by atoms with Gasteiger partial charge in [-0.2, -0.15) is 10.2 Å². The molecule has 2 N–H and O–H groups in total. The fourth-order valence-corrected chi connectivity index (χ4v) is 5.59. The van der Waals surface area contributed by atoms with Gasteiger partial charge in [-0.3, -0.25) is 9.89 Å². The van der Waals surface area contributed by atoms with E-state index in [4.69, 9.17) is 0 Å². The number of carbonyl (C=O) groups excluding carboxylic acids is 1. The molecule has 5 rings (SSSR count). The first-order valence-electron chi connectivity index (χ1n) is 10.6. The molecule has 0 aromatic carbocycles. The summed E-state index contributed by atoms with van der Waals surface area (Å²) in [5, 5.41) is 22.1. The lowest BCUT2D eigenvalue weighted by atomic mass is 9.77. The van der Waals surface area contributed by atoms with E-state index in [1.54, 1.807) is 17.2 Å². The van der Waals surface area contributed by atoms with Gasteiger partial charge in [-0.25, -0.2) is 9.67 Å². The number of aromatic nitrogens is 5. The lowest BCUT2D eigenvalue weighted by Crippen LogP contribution is -2.36. The monoisotopic (exact) mass is 384 g/mol. The van der Waals surface area contributed by atoms with Crippen molar-refractivity contribution in [1.29, 1.82) is 0 Å². The molecule has 28 heavy (non-hydrogen) atoms. The van der Waals surface area contributed by atoms with Crippen molar-refractivity contribution >= 4 is 5.91 Å². The summed E-state index contributed by atoms with van der Waals surface area (Å²) in [5.41, 5.74) is 1.78. The van der Waals surface area contributed by atoms with Gasteiger partial charge >= 0.3 is 0 Å². The number of aromatic amines is 1. The molecule has 0 bridgehead atoms. The second kappa shape index (κ2) is 7.31. The molecule has 1 amide bonds. The zero-order chi connectivity index (χ0) is 19.1. The lowest BCUT2D eigenvalue weighted by molar-refractivity contribution is 0.0304. The Hall–Kier alpha value is -2.22. The molecule has 150 valence electrons. The highest BCUT2D eigenvalue weighted by molar-refractivity contribution is 5.95. The van der Waals surface area contributed by atoms with E-state index in [9.17, 15) is 9.90 Å². The van der Waals surface area contributed by atoms with Gasteiger partial charge in [0.15, 0.2) is 0 Å². The van der Waals surface area contributed by atoms with Crippen LogP contribution in [0.4, 0.5) is 0 Å². The van der Waals surface area contributed by atoms with Crippen LogP contribution >= 0.6 is 0 Å². The number of hydrogen-bond donors (Lipinski definition) is 2. The van der Waals surface area contributed by atoms with Gasteiger partial charge in [0.05, 0.1) is 29.6 Å². The summed E-state index contributed by atoms with van der Waals surface area (Å²) in [6, 6.07) is -0.0504. The van der Waals surface area contributed by atoms with E-state index < -0.39 is 6.10 Å². The second-order valence-electron chi connectivity index (χ2n) is 8.74. The third kappa shape index (κ3) is 3.13. The van der Waals surface area contributed by atoms with Crippen LogP contribution in [0.15, 0.2) is 18.9 Å². The first-order chi connectivity index (χ1) is 13.7. The quantitative estimate of drug-likeness (QED) is 0.844. The summed E-state index contributed by atoms with van der Waals surface area (Å²) in [6.07, 6.45) is 12.0. The van der Waals surface area contributed by atoms with Crippen molar-refractivity contribution < 1.29 is 9.90 Å². The number of nitrogens with one attached hydrogen (secondary N) is 1. The van der Waals surface area contributed by atoms with Gasteiger partial charge in [0.2, 0.25) is 0 Å². The molecule has 2 saturated carbocycles. The Morgan fingerprint density at radius 3 is 2.68 bits per heavy atom. The molecule has 8 heteroatoms. The van der Waals surface area contributed by atoms with Crippen molar-refractivity contribution in [1.82, 2.24) is 29.9 Å². The Labute approximate surface area is 164 Å². The SMILES string of the molecule is O=C(c1cn[nH]c1C1CCCCC1)N1C[C@H]2C[C@@H](n3cncn3)[C@H](O)C[C@H]2C1. The van der Waals surface area contributed by atoms with Crippen LogP contribution in [0.25, 0.3) is 0 Å². The first kappa shape index (κ1) is 17.8. The maximum atomic E-state index is 13.3. The average molecular weight is 384 g/mol. The van der Waals surface area contributed by atoms with E-state index in [-0.39, 0.29) is 11.9 Å². The van der Waals surface area contributed by atoms with E-state index in [1.807, 2.05) is 4.90 Å². The largest absolute Gasteiger partial charge is 0.391 e. The van der Waals surface area contributed by atoms with E-state index in [1.165, 1.54) is 25.6 Å². The number of aliphatic hydroxyl groups is 1. The Kier molecular flexibility index (Phi) is 4.66. The van der Waals surface area contributed by atoms with Crippen LogP contribution in [0, 0.1) is 11.8 Å². The van der Waals surface area contributed by atoms with Crippen LogP contribution in [0.2, 0.25) is 0 Å². The molecule has 0 radical (unpaired) electrons. The summed E-state index contributed by atoms with van der Waals surface area (Å²) in [6.45, 7) is 1.47. The van der Waals surface area contributed by atoms with E-state index in [0.717, 1.165) is 43.6 Å². The number of nitrogens with zero attached hydrogens (tertiary/aromatic N) is 5. The molecule has 8 nitrogen and oxygen atoms in total. The molecule has 1 aliphatic heterocycles. The fourth-order valence-electron chi connectivity index (χ4n) is 5.59. The number of likely N-dealkylation sites (tertiary alicyclic amines) is 1. The lowest BCUT2D eigenvalue weighted by Gasteiger charge is -2.34. The van der Waals surface area contributed by atoms with Crippen LogP contribution in [-0.4, -0.2) is 60.1 Å². The van der Waals surface area contributed by atoms with Gasteiger partial charge < -0.3 is 10.0 Å². The number of aliphatic hydroxyl groups excluding tert-OH is 1. The van der Waals surface area contributed by atoms with Crippen molar-refractivity contribution in [2.75, 3.05) is 13.1 Å². The van der Waals surface area contributed by atoms with E-state index in [0.29, 0.717) is 24.2 Å². The molecule has 0 spiro atoms. The van der Waals surface area contributed by atoms with Gasteiger partial charge in [-0.15, -0.1) is 0 Å². The smallest absolute Gasteiger partial charge is 0.257 e. The molecular weight excluding hydrogens is 356 g/mol. The van der Waals surface area contributed by atoms with Crippen molar-refractivity contribution in [2.45, 2.75) is 63.0 Å². The highest BCUT2D eigenvalue weighted by Crippen LogP contribution is 2.42. The maximum Gasteiger partial charge on any atom is 0.257 e. The minimum Gasteiger partial charge on any atom is -0.391 e. The highest BCUT2D eigenvalue weighted by Gasteiger charge is 2.44. The topological polar surface area (TPSA) is 99.9 Å². The minimum atomic E-state index is -0.440. The van der Waals surface area contributed by atoms with Gasteiger partial charge in [0, 0.05) is 19.0 Å². The van der Waals surface area contributed by atoms with E-state index >= 15 is 0 Å². The van der Waals surface area contributed by atoms with Gasteiger partial charge in [0.1, 0.15) is 12.7 Å². The van der Waals surface area contributed by atoms with Crippen molar-refractivity contribution in [3.8, 4) is 0 Å². The van der Waals surface area contributed by atoms with Crippen LogP contribution in [0.1, 0.15) is 73.0 Å². The number of H-pyrrole nitrogens is 1. The molecule has 3 heterocycles. The van der Waals surface area contributed by atoms with Gasteiger partial charge in [0.25, 0.3) is 5.91 Å². The zero-order valence-electron chi connectivity index (χ0n) is 16.1. The summed E-state index contributed by atoms with van der Waals surface area (Å²) in [7, 11) is 0. The molecule has 2 aromatic rings. The van der Waals surface area contributed by atoms with Crippen molar-refractivity contribution in [3.63, 3.8) is 0 Å². The second-order valence-corrected chi connectivity index (χ2v) is 8.74. The first-order valence-corrected chi connectivity index (χ1v) is 10.6. The van der Waals surface area contributed by atoms with Crippen molar-refractivity contribution in [2.24, 2.45) is 11.8 Å². The number of fused-ring (bicyclic) bond motifs is 1. The molecule has 2 aromatic heterocycles. The summed E-state index contributed by atoms with van der Waals surface area (Å²) in [4.78, 5) is 19.3. The normalized spacial score (nSPS) is 31.1. The van der Waals surface area contributed by atoms with Crippen LogP contribution < -0.4 is 0 Å². The van der Waals surface area contributed by atoms with Crippen LogP contribution in [-0.2, 0) is 0 Å². The number of hydrogen-bond acceptors (Lipinski definition) is 5. The average Bonchev–Trinajstić information content (AvgIpc) is 3.46. The molecule has 4 atom stereocenters. The Bertz CT molecular complexity index is 813. The molecular formula is C20H28N6O2. The fraction of sp³-hybridized carbons (Fsp3) is 0.700. The molecule has 3 aliphatic rings. The summed E-state index contributed by atoms with van der Waals surface area (Å²) >= 11 is 0. The van der Waals surface area contributed by atoms with Crippen molar-refractivity contribution in [3.05, 3.63) is 30.1 Å². The zero-order valence-corrected chi connectivity index (χ0v) is 16.1. The number of amides is 1. The Morgan fingerprint density at radius 2 is 1.93 bits per heavy atom. The summed E-state index contributed by atoms with van der Waals surface area (Å²) in [5.74, 6) is 1.27. The molecule has 1 saturated heterocycles. The third-order valence-electron chi connectivity index (χ3n) is 7.09. The summed E-state index contributed by atoms with van der Waals surface area (Å²) < 4.78 is 1.77. The molecule has 0 unspecified atom stereocenters. The van der Waals surface area contributed by atoms with Gasteiger partial charge in [-0.1, -0.05) is 19.3 Å². The standard InChI is InChI=1S/C20H28N6O2/c27-18-7-15-10-25(9-14(15)6-17(18)26-12-21-11-23-26)20(28)16-8-22-24-19(16)13-4-2-1-3-5-13/h8,11-15,17-18,27H,1-7,9-10H2,(H,22,24)/t14-,15+,17-,18-/m1/s1. The number of rotatable bonds is 3. The van der Waals surface area contributed by atoms with Gasteiger partial charge in [-0.05, 0) is 37.5 Å². The number of carbonyl (C=O) groups is 1. The third-order valence-corrected chi connectivity index (χ3v) is 7.09. The Morgan fingerprint density at radius 1 is 1.14 bits per heavy atom. The highest BCUT2D eigenvalue weighted by atomic mass is 16.3. The minimum absolute atomic E-state index is 0.0504. The molecule has 3 fully saturated rings. The molecule has 2 aliphatic carbocycles. The van der Waals surface area contributed by atoms with Crippen LogP contribution in [0.3, 0.4) is 0 Å². The van der Waals surface area contributed by atoms with Crippen LogP contribution in [0.5, 0.6) is 0 Å². The predicted molar refractivity (Wildman–Crippen MR) is 102 cm³/mol. The predicted octanol–water partition coefficient (Wildman–Crippen LogP) is 2.13. The van der Waals surface area contributed by atoms with E-state index in [2.05, 4.69) is 20.3 Å². The Balaban J connectivity index is 1.30. The maximum absolute atomic E-state index is 13.3.